The Morgan fingerprint density at radius 2 is 1.95 bits per heavy atom. The van der Waals surface area contributed by atoms with E-state index in [-0.39, 0.29) is 5.97 Å². The van der Waals surface area contributed by atoms with Crippen molar-refractivity contribution in [2.75, 3.05) is 6.61 Å². The normalized spacial score (nSPS) is 10.4. The van der Waals surface area contributed by atoms with E-state index < -0.39 is 5.41 Å². The molecule has 0 spiro atoms. The van der Waals surface area contributed by atoms with Crippen LogP contribution >= 0.6 is 0 Å². The van der Waals surface area contributed by atoms with Gasteiger partial charge < -0.3 is 9.53 Å². The maximum Gasteiger partial charge on any atom is 0.341 e. The van der Waals surface area contributed by atoms with Crippen LogP contribution in [0.2, 0.25) is 0 Å². The first kappa shape index (κ1) is 16.9. The van der Waals surface area contributed by atoms with Crippen molar-refractivity contribution in [1.29, 1.82) is 0 Å². The summed E-state index contributed by atoms with van der Waals surface area (Å²) in [4.78, 5) is 22.9. The van der Waals surface area contributed by atoms with Gasteiger partial charge in [0.05, 0.1) is 12.2 Å². The van der Waals surface area contributed by atoms with Crippen LogP contribution in [-0.2, 0) is 20.7 Å². The molecular weight excluding hydrogens is 264 g/mol. The molecule has 0 aliphatic heterocycles. The summed E-state index contributed by atoms with van der Waals surface area (Å²) in [6.07, 6.45) is 3.73. The number of esters is 1. The summed E-state index contributed by atoms with van der Waals surface area (Å²) in [7, 11) is 0. The smallest absolute Gasteiger partial charge is 0.341 e. The zero-order chi connectivity index (χ0) is 15.7. The number of benzene rings is 1. The van der Waals surface area contributed by atoms with Gasteiger partial charge in [0.2, 0.25) is 0 Å². The van der Waals surface area contributed by atoms with Gasteiger partial charge in [-0.15, -0.1) is 5.73 Å². The Morgan fingerprint density at radius 1 is 1.29 bits per heavy atom. The van der Waals surface area contributed by atoms with Gasteiger partial charge in [-0.25, -0.2) is 4.79 Å². The second kappa shape index (κ2) is 8.23. The van der Waals surface area contributed by atoms with Crippen LogP contribution in [-0.4, -0.2) is 18.9 Å². The quantitative estimate of drug-likeness (QED) is 0.333. The van der Waals surface area contributed by atoms with Gasteiger partial charge in [0, 0.05) is 5.41 Å². The first-order chi connectivity index (χ1) is 9.98. The van der Waals surface area contributed by atoms with E-state index in [1.807, 2.05) is 30.3 Å². The van der Waals surface area contributed by atoms with Crippen molar-refractivity contribution >= 4 is 12.3 Å². The monoisotopic (exact) mass is 286 g/mol. The molecule has 0 saturated carbocycles. The van der Waals surface area contributed by atoms with Crippen LogP contribution in [0.25, 0.3) is 0 Å². The molecule has 0 N–H and O–H groups in total. The third kappa shape index (κ3) is 6.24. The molecule has 21 heavy (non-hydrogen) atoms. The molecule has 3 nitrogen and oxygen atoms in total. The molecule has 1 aromatic carbocycles. The van der Waals surface area contributed by atoms with Crippen LogP contribution in [0.1, 0.15) is 32.8 Å². The minimum atomic E-state index is -0.634. The zero-order valence-electron chi connectivity index (χ0n) is 12.9. The topological polar surface area (TPSA) is 43.4 Å². The van der Waals surface area contributed by atoms with Crippen LogP contribution in [0.3, 0.4) is 0 Å². The van der Waals surface area contributed by atoms with E-state index in [4.69, 9.17) is 4.74 Å². The second-order valence-electron chi connectivity index (χ2n) is 5.41. The van der Waals surface area contributed by atoms with Crippen LogP contribution < -0.4 is 0 Å². The largest absolute Gasteiger partial charge is 0.462 e. The second-order valence-corrected chi connectivity index (χ2v) is 5.41. The molecule has 0 bridgehead atoms. The van der Waals surface area contributed by atoms with Gasteiger partial charge >= 0.3 is 5.97 Å². The Labute approximate surface area is 126 Å². The Morgan fingerprint density at radius 3 is 2.52 bits per heavy atom. The van der Waals surface area contributed by atoms with Crippen molar-refractivity contribution in [1.82, 2.24) is 0 Å². The lowest BCUT2D eigenvalue weighted by molar-refractivity contribution is -0.138. The molecule has 3 heteroatoms. The van der Waals surface area contributed by atoms with Crippen molar-refractivity contribution in [3.8, 4) is 0 Å². The maximum absolute atomic E-state index is 11.9. The molecule has 1 aromatic rings. The third-order valence-corrected chi connectivity index (χ3v) is 2.95. The highest BCUT2D eigenvalue weighted by atomic mass is 16.5. The lowest BCUT2D eigenvalue weighted by atomic mass is 9.95. The molecule has 0 heterocycles. The number of hydrogen-bond acceptors (Lipinski definition) is 3. The van der Waals surface area contributed by atoms with E-state index in [1.54, 1.807) is 26.8 Å². The predicted octanol–water partition coefficient (Wildman–Crippen LogP) is 3.49. The molecule has 0 saturated heterocycles. The summed E-state index contributed by atoms with van der Waals surface area (Å²) >= 11 is 0. The number of aryl methyl sites for hydroxylation is 1. The fourth-order valence-electron chi connectivity index (χ4n) is 1.67. The first-order valence-electron chi connectivity index (χ1n) is 7.12. The summed E-state index contributed by atoms with van der Waals surface area (Å²) in [5, 5.41) is 0. The minimum absolute atomic E-state index is 0.326. The third-order valence-electron chi connectivity index (χ3n) is 2.95. The first-order valence-corrected chi connectivity index (χ1v) is 7.12. The number of aldehydes is 1. The summed E-state index contributed by atoms with van der Waals surface area (Å²) in [6, 6.07) is 9.92. The number of carbonyl (C=O) groups excluding carboxylic acids is 2. The molecule has 0 aliphatic rings. The maximum atomic E-state index is 11.9. The molecule has 0 fully saturated rings. The van der Waals surface area contributed by atoms with E-state index >= 15 is 0 Å². The number of hydrogen-bond donors (Lipinski definition) is 0. The van der Waals surface area contributed by atoms with E-state index in [2.05, 4.69) is 5.73 Å². The van der Waals surface area contributed by atoms with Crippen LogP contribution in [0.15, 0.2) is 47.7 Å². The van der Waals surface area contributed by atoms with Crippen LogP contribution in [0.4, 0.5) is 0 Å². The average Bonchev–Trinajstić information content (AvgIpc) is 2.48. The fourth-order valence-corrected chi connectivity index (χ4v) is 1.67. The van der Waals surface area contributed by atoms with Crippen molar-refractivity contribution < 1.29 is 14.3 Å². The van der Waals surface area contributed by atoms with E-state index in [0.29, 0.717) is 18.6 Å². The highest BCUT2D eigenvalue weighted by Crippen LogP contribution is 2.15. The average molecular weight is 286 g/mol. The number of ether oxygens (including phenoxy) is 1. The Kier molecular flexibility index (Phi) is 6.64. The standard InChI is InChI=1S/C18H22O3/c1-4-21-17(20)16(12-13-18(2,3)14-19)11-10-15-8-6-5-7-9-15/h5-9,13-14H,4,10-11H2,1-3H3. The predicted molar refractivity (Wildman–Crippen MR) is 82.8 cm³/mol. The fraction of sp³-hybridized carbons (Fsp3) is 0.389. The highest BCUT2D eigenvalue weighted by molar-refractivity contribution is 5.88. The summed E-state index contributed by atoms with van der Waals surface area (Å²) in [5.41, 5.74) is 3.93. The van der Waals surface area contributed by atoms with Gasteiger partial charge in [-0.1, -0.05) is 30.3 Å². The molecule has 1 rings (SSSR count). The zero-order valence-corrected chi connectivity index (χ0v) is 12.9. The van der Waals surface area contributed by atoms with Gasteiger partial charge in [0.1, 0.15) is 6.29 Å². The lowest BCUT2D eigenvalue weighted by Crippen LogP contribution is -2.10. The Bertz CT molecular complexity index is 535. The van der Waals surface area contributed by atoms with Gasteiger partial charge in [-0.2, -0.15) is 0 Å². The molecule has 0 aliphatic carbocycles. The minimum Gasteiger partial charge on any atom is -0.462 e. The number of carbonyl (C=O) groups is 2. The van der Waals surface area contributed by atoms with Crippen LogP contribution in [0.5, 0.6) is 0 Å². The van der Waals surface area contributed by atoms with E-state index in [1.165, 1.54) is 0 Å². The van der Waals surface area contributed by atoms with Gasteiger partial charge in [-0.05, 0) is 45.3 Å². The molecule has 0 unspecified atom stereocenters. The van der Waals surface area contributed by atoms with Crippen molar-refractivity contribution in [3.63, 3.8) is 0 Å². The molecular formula is C18H22O3. The van der Waals surface area contributed by atoms with Crippen LogP contribution in [0, 0.1) is 5.41 Å². The summed E-state index contributed by atoms with van der Waals surface area (Å²) < 4.78 is 5.04. The van der Waals surface area contributed by atoms with E-state index in [0.717, 1.165) is 18.3 Å². The van der Waals surface area contributed by atoms with Gasteiger partial charge in [0.15, 0.2) is 0 Å². The molecule has 0 aromatic heterocycles. The SMILES string of the molecule is CCOC(=O)C(=C=CC(C)(C)C=O)CCc1ccccc1. The summed E-state index contributed by atoms with van der Waals surface area (Å²) in [5.74, 6) is -0.369. The Balaban J connectivity index is 2.90. The van der Waals surface area contributed by atoms with Crippen molar-refractivity contribution in [3.05, 3.63) is 53.3 Å². The Hall–Kier alpha value is -2.12. The van der Waals surface area contributed by atoms with Gasteiger partial charge in [-0.3, -0.25) is 0 Å². The van der Waals surface area contributed by atoms with Crippen molar-refractivity contribution in [2.24, 2.45) is 5.41 Å². The molecule has 0 radical (unpaired) electrons. The van der Waals surface area contributed by atoms with Gasteiger partial charge in [0.25, 0.3) is 0 Å². The molecule has 0 atom stereocenters. The van der Waals surface area contributed by atoms with E-state index in [9.17, 15) is 9.59 Å². The lowest BCUT2D eigenvalue weighted by Gasteiger charge is -2.09. The summed E-state index contributed by atoms with van der Waals surface area (Å²) in [6.45, 7) is 5.64. The molecule has 112 valence electrons. The molecule has 0 amide bonds. The number of rotatable bonds is 7. The highest BCUT2D eigenvalue weighted by Gasteiger charge is 2.14. The van der Waals surface area contributed by atoms with Crippen molar-refractivity contribution in [2.45, 2.75) is 33.6 Å².